The second kappa shape index (κ2) is 13.3. The van der Waals surface area contributed by atoms with E-state index in [4.69, 9.17) is 9.47 Å². The molecule has 0 spiro atoms. The summed E-state index contributed by atoms with van der Waals surface area (Å²) in [6.07, 6.45) is 0.280. The Bertz CT molecular complexity index is 1020. The Labute approximate surface area is 197 Å². The number of carbonyl (C=O) groups is 2. The van der Waals surface area contributed by atoms with Gasteiger partial charge in [-0.2, -0.15) is 0 Å². The van der Waals surface area contributed by atoms with Crippen molar-refractivity contribution < 1.29 is 23.3 Å². The van der Waals surface area contributed by atoms with Gasteiger partial charge in [0.05, 0.1) is 5.92 Å². The van der Waals surface area contributed by atoms with E-state index in [1.54, 1.807) is 0 Å². The van der Waals surface area contributed by atoms with Crippen molar-refractivity contribution in [2.45, 2.75) is 31.8 Å². The molecule has 0 N–H and O–H groups in total. The van der Waals surface area contributed by atoms with Crippen LogP contribution in [0.4, 0.5) is 0 Å². The van der Waals surface area contributed by atoms with E-state index in [0.717, 1.165) is 16.7 Å². The number of ether oxygens (including phenoxy) is 2. The minimum absolute atomic E-state index is 0.0560. The zero-order chi connectivity index (χ0) is 23.3. The molecule has 172 valence electrons. The lowest BCUT2D eigenvalue weighted by molar-refractivity contribution is -0.150. The molecule has 6 heteroatoms. The van der Waals surface area contributed by atoms with Crippen LogP contribution in [0.1, 0.15) is 29.5 Å². The molecule has 0 radical (unpaired) electrons. The summed E-state index contributed by atoms with van der Waals surface area (Å²) >= 11 is 0. The van der Waals surface area contributed by atoms with Crippen LogP contribution in [0.25, 0.3) is 0 Å². The summed E-state index contributed by atoms with van der Waals surface area (Å²) in [4.78, 5) is 25.0. The van der Waals surface area contributed by atoms with E-state index in [1.165, 1.54) is 0 Å². The van der Waals surface area contributed by atoms with Crippen molar-refractivity contribution in [2.24, 2.45) is 5.92 Å². The summed E-state index contributed by atoms with van der Waals surface area (Å²) in [5.41, 5.74) is 2.71. The fourth-order valence-corrected chi connectivity index (χ4v) is 4.70. The minimum Gasteiger partial charge on any atom is -0.461 e. The predicted molar refractivity (Wildman–Crippen MR) is 128 cm³/mol. The lowest BCUT2D eigenvalue weighted by Crippen LogP contribution is -2.25. The van der Waals surface area contributed by atoms with Gasteiger partial charge in [-0.05, 0) is 23.1 Å². The molecule has 0 aliphatic carbocycles. The lowest BCUT2D eigenvalue weighted by atomic mass is 10.1. The maximum Gasteiger partial charge on any atom is 0.310 e. The van der Waals surface area contributed by atoms with Gasteiger partial charge in [-0.25, -0.2) is 0 Å². The van der Waals surface area contributed by atoms with Crippen LogP contribution in [-0.4, -0.2) is 21.9 Å². The fraction of sp³-hybridized carbons (Fsp3) is 0.259. The number of rotatable bonds is 12. The molecule has 2 atom stereocenters. The zero-order valence-corrected chi connectivity index (χ0v) is 19.2. The van der Waals surface area contributed by atoms with Gasteiger partial charge in [-0.15, -0.1) is 0 Å². The van der Waals surface area contributed by atoms with Crippen molar-refractivity contribution in [1.29, 1.82) is 0 Å². The van der Waals surface area contributed by atoms with Crippen molar-refractivity contribution in [3.8, 4) is 0 Å². The molecular weight excluding hydrogens is 436 g/mol. The molecule has 0 heterocycles. The van der Waals surface area contributed by atoms with Crippen LogP contribution < -0.4 is 0 Å². The molecule has 2 unspecified atom stereocenters. The monoisotopic (exact) mass is 464 g/mol. The molecular formula is C27H28O5S. The third kappa shape index (κ3) is 9.02. The summed E-state index contributed by atoms with van der Waals surface area (Å²) in [5, 5.41) is 0. The first-order valence-corrected chi connectivity index (χ1v) is 12.4. The second-order valence-corrected chi connectivity index (χ2v) is 9.21. The van der Waals surface area contributed by atoms with Crippen LogP contribution in [0.3, 0.4) is 0 Å². The second-order valence-electron chi connectivity index (χ2n) is 7.71. The van der Waals surface area contributed by atoms with Gasteiger partial charge in [0, 0.05) is 28.7 Å². The van der Waals surface area contributed by atoms with Crippen LogP contribution in [0.2, 0.25) is 0 Å². The van der Waals surface area contributed by atoms with Gasteiger partial charge in [0.2, 0.25) is 0 Å². The lowest BCUT2D eigenvalue weighted by Gasteiger charge is -2.16. The number of carbonyl (C=O) groups excluding carboxylic acids is 2. The Morgan fingerprint density at radius 3 is 1.73 bits per heavy atom. The molecule has 0 bridgehead atoms. The van der Waals surface area contributed by atoms with Crippen LogP contribution in [0.5, 0.6) is 0 Å². The van der Waals surface area contributed by atoms with Crippen LogP contribution in [0.15, 0.2) is 91.0 Å². The molecule has 3 aromatic carbocycles. The number of benzene rings is 3. The van der Waals surface area contributed by atoms with E-state index in [0.29, 0.717) is 5.75 Å². The standard InChI is InChI=1S/C27H28O5S/c28-26(31-18-22-10-4-1-5-11-22)17-16-25(21-33(30)20-24-14-8-3-9-15-24)27(29)32-19-23-12-6-2-7-13-23/h1-15,25H,16-21H2. The van der Waals surface area contributed by atoms with Crippen LogP contribution in [-0.2, 0) is 48.8 Å². The quantitative estimate of drug-likeness (QED) is 0.360. The first-order valence-electron chi connectivity index (χ1n) is 10.9. The van der Waals surface area contributed by atoms with Crippen molar-refractivity contribution in [1.82, 2.24) is 0 Å². The Morgan fingerprint density at radius 2 is 1.18 bits per heavy atom. The maximum atomic E-state index is 12.8. The minimum atomic E-state index is -1.27. The maximum absolute atomic E-state index is 12.8. The number of hydrogen-bond donors (Lipinski definition) is 0. The van der Waals surface area contributed by atoms with E-state index >= 15 is 0 Å². The smallest absolute Gasteiger partial charge is 0.310 e. The first-order chi connectivity index (χ1) is 16.1. The number of hydrogen-bond acceptors (Lipinski definition) is 5. The van der Waals surface area contributed by atoms with Gasteiger partial charge in [-0.3, -0.25) is 13.8 Å². The van der Waals surface area contributed by atoms with Gasteiger partial charge in [0.25, 0.3) is 0 Å². The van der Waals surface area contributed by atoms with Gasteiger partial charge in [0.15, 0.2) is 0 Å². The molecule has 3 aromatic rings. The molecule has 0 fully saturated rings. The molecule has 0 saturated carbocycles. The topological polar surface area (TPSA) is 69.7 Å². The van der Waals surface area contributed by atoms with E-state index in [9.17, 15) is 13.8 Å². The van der Waals surface area contributed by atoms with Gasteiger partial charge >= 0.3 is 11.9 Å². The molecule has 33 heavy (non-hydrogen) atoms. The van der Waals surface area contributed by atoms with E-state index < -0.39 is 28.7 Å². The van der Waals surface area contributed by atoms with Crippen molar-refractivity contribution in [2.75, 3.05) is 5.75 Å². The highest BCUT2D eigenvalue weighted by Gasteiger charge is 2.24. The molecule has 0 saturated heterocycles. The Hall–Kier alpha value is -3.25. The highest BCUT2D eigenvalue weighted by atomic mass is 32.2. The summed E-state index contributed by atoms with van der Waals surface area (Å²) in [5.74, 6) is -1.01. The van der Waals surface area contributed by atoms with E-state index in [1.807, 2.05) is 91.0 Å². The molecule has 0 amide bonds. The predicted octanol–water partition coefficient (Wildman–Crippen LogP) is 4.82. The van der Waals surface area contributed by atoms with Crippen molar-refractivity contribution >= 4 is 22.7 Å². The molecule has 5 nitrogen and oxygen atoms in total. The zero-order valence-electron chi connectivity index (χ0n) is 18.4. The molecule has 3 rings (SSSR count). The largest absolute Gasteiger partial charge is 0.461 e. The van der Waals surface area contributed by atoms with E-state index in [-0.39, 0.29) is 31.8 Å². The average molecular weight is 465 g/mol. The van der Waals surface area contributed by atoms with Crippen molar-refractivity contribution in [3.05, 3.63) is 108 Å². The third-order valence-electron chi connectivity index (χ3n) is 5.05. The average Bonchev–Trinajstić information content (AvgIpc) is 2.85. The molecule has 0 aromatic heterocycles. The van der Waals surface area contributed by atoms with Crippen molar-refractivity contribution in [3.63, 3.8) is 0 Å². The summed E-state index contributed by atoms with van der Waals surface area (Å²) in [7, 11) is -1.27. The summed E-state index contributed by atoms with van der Waals surface area (Å²) in [6.45, 7) is 0.322. The summed E-state index contributed by atoms with van der Waals surface area (Å²) in [6, 6.07) is 28.3. The van der Waals surface area contributed by atoms with Gasteiger partial charge in [0.1, 0.15) is 13.2 Å². The van der Waals surface area contributed by atoms with Gasteiger partial charge in [-0.1, -0.05) is 91.0 Å². The highest BCUT2D eigenvalue weighted by molar-refractivity contribution is 7.84. The number of esters is 2. The first kappa shape index (κ1) is 24.4. The fourth-order valence-electron chi connectivity index (χ4n) is 3.26. The molecule has 0 aliphatic rings. The normalized spacial score (nSPS) is 12.5. The SMILES string of the molecule is O=C(CCC(CS(=O)Cc1ccccc1)C(=O)OCc1ccccc1)OCc1ccccc1. The van der Waals surface area contributed by atoms with Gasteiger partial charge < -0.3 is 9.47 Å². The Morgan fingerprint density at radius 1 is 0.697 bits per heavy atom. The Balaban J connectivity index is 1.55. The highest BCUT2D eigenvalue weighted by Crippen LogP contribution is 2.16. The van der Waals surface area contributed by atoms with E-state index in [2.05, 4.69) is 0 Å². The molecule has 0 aliphatic heterocycles. The Kier molecular flexibility index (Phi) is 9.86. The van der Waals surface area contributed by atoms with Crippen LogP contribution >= 0.6 is 0 Å². The third-order valence-corrected chi connectivity index (χ3v) is 6.48. The summed E-state index contributed by atoms with van der Waals surface area (Å²) < 4.78 is 23.5. The van der Waals surface area contributed by atoms with Crippen LogP contribution in [0, 0.1) is 5.92 Å².